The minimum Gasteiger partial charge on any atom is -0.368 e. The molecule has 0 atom stereocenters. The van der Waals surface area contributed by atoms with Gasteiger partial charge in [-0.05, 0) is 36.4 Å². The van der Waals surface area contributed by atoms with E-state index in [9.17, 15) is 26.7 Å². The number of carbonyl (C=O) groups is 1. The van der Waals surface area contributed by atoms with Gasteiger partial charge in [0.25, 0.3) is 5.91 Å². The Morgan fingerprint density at radius 3 is 2.00 bits per heavy atom. The standard InChI is InChI=1S/C18H15F5N2O/c19-15-6-5-14(11-16(15)20)24-7-9-25(10-8-24)17(26)12-1-3-13(4-2-12)18(21,22)23/h1-6,11H,7-10H2. The summed E-state index contributed by atoms with van der Waals surface area (Å²) in [7, 11) is 0. The van der Waals surface area contributed by atoms with E-state index in [2.05, 4.69) is 0 Å². The highest BCUT2D eigenvalue weighted by molar-refractivity contribution is 5.94. The number of benzene rings is 2. The van der Waals surface area contributed by atoms with Gasteiger partial charge in [0, 0.05) is 43.5 Å². The Balaban J connectivity index is 1.64. The van der Waals surface area contributed by atoms with Gasteiger partial charge in [-0.1, -0.05) is 0 Å². The van der Waals surface area contributed by atoms with E-state index in [1.54, 1.807) is 0 Å². The number of nitrogens with zero attached hydrogens (tertiary/aromatic N) is 2. The summed E-state index contributed by atoms with van der Waals surface area (Å²) < 4.78 is 64.1. The third kappa shape index (κ3) is 3.79. The molecular formula is C18H15F5N2O. The van der Waals surface area contributed by atoms with E-state index in [1.807, 2.05) is 4.90 Å². The Morgan fingerprint density at radius 1 is 0.846 bits per heavy atom. The van der Waals surface area contributed by atoms with Crippen LogP contribution in [0, 0.1) is 11.6 Å². The first-order chi connectivity index (χ1) is 12.3. The molecule has 0 N–H and O–H groups in total. The van der Waals surface area contributed by atoms with Gasteiger partial charge in [0.1, 0.15) is 0 Å². The zero-order valence-electron chi connectivity index (χ0n) is 13.6. The van der Waals surface area contributed by atoms with Crippen LogP contribution in [0.4, 0.5) is 27.6 Å². The lowest BCUT2D eigenvalue weighted by molar-refractivity contribution is -0.137. The molecular weight excluding hydrogens is 355 g/mol. The van der Waals surface area contributed by atoms with Crippen LogP contribution in [0.15, 0.2) is 42.5 Å². The molecule has 3 nitrogen and oxygen atoms in total. The van der Waals surface area contributed by atoms with E-state index < -0.39 is 23.4 Å². The van der Waals surface area contributed by atoms with E-state index in [4.69, 9.17) is 0 Å². The fourth-order valence-corrected chi connectivity index (χ4v) is 2.83. The van der Waals surface area contributed by atoms with Gasteiger partial charge in [-0.25, -0.2) is 8.78 Å². The average Bonchev–Trinajstić information content (AvgIpc) is 2.63. The van der Waals surface area contributed by atoms with Crippen molar-refractivity contribution in [3.63, 3.8) is 0 Å². The van der Waals surface area contributed by atoms with Crippen molar-refractivity contribution in [1.29, 1.82) is 0 Å². The lowest BCUT2D eigenvalue weighted by Crippen LogP contribution is -2.48. The zero-order chi connectivity index (χ0) is 18.9. The van der Waals surface area contributed by atoms with Gasteiger partial charge in [-0.15, -0.1) is 0 Å². The van der Waals surface area contributed by atoms with Gasteiger partial charge in [0.15, 0.2) is 11.6 Å². The summed E-state index contributed by atoms with van der Waals surface area (Å²) in [5, 5.41) is 0. The number of carbonyl (C=O) groups excluding carboxylic acids is 1. The normalized spacial score (nSPS) is 15.3. The van der Waals surface area contributed by atoms with Gasteiger partial charge in [-0.2, -0.15) is 13.2 Å². The number of amides is 1. The Kier molecular flexibility index (Phi) is 4.84. The van der Waals surface area contributed by atoms with Crippen LogP contribution in [0.3, 0.4) is 0 Å². The molecule has 0 saturated carbocycles. The summed E-state index contributed by atoms with van der Waals surface area (Å²) in [4.78, 5) is 15.8. The molecule has 0 bridgehead atoms. The summed E-state index contributed by atoms with van der Waals surface area (Å²) in [6.45, 7) is 1.49. The molecule has 1 aliphatic rings. The van der Waals surface area contributed by atoms with Crippen LogP contribution >= 0.6 is 0 Å². The summed E-state index contributed by atoms with van der Waals surface area (Å²) in [5.41, 5.74) is -0.109. The maximum absolute atomic E-state index is 13.3. The third-order valence-electron chi connectivity index (χ3n) is 4.29. The molecule has 1 amide bonds. The van der Waals surface area contributed by atoms with Crippen LogP contribution in [0.2, 0.25) is 0 Å². The Morgan fingerprint density at radius 2 is 1.46 bits per heavy atom. The van der Waals surface area contributed by atoms with Gasteiger partial charge in [-0.3, -0.25) is 4.79 Å². The highest BCUT2D eigenvalue weighted by Crippen LogP contribution is 2.29. The number of piperazine rings is 1. The Labute approximate surface area is 146 Å². The molecule has 0 unspecified atom stereocenters. The lowest BCUT2D eigenvalue weighted by atomic mass is 10.1. The second-order valence-electron chi connectivity index (χ2n) is 5.95. The van der Waals surface area contributed by atoms with Crippen LogP contribution in [0.25, 0.3) is 0 Å². The highest BCUT2D eigenvalue weighted by Gasteiger charge is 2.30. The quantitative estimate of drug-likeness (QED) is 0.748. The molecule has 0 aliphatic carbocycles. The van der Waals surface area contributed by atoms with Crippen LogP contribution in [-0.4, -0.2) is 37.0 Å². The van der Waals surface area contributed by atoms with Crippen molar-refractivity contribution in [2.24, 2.45) is 0 Å². The van der Waals surface area contributed by atoms with Crippen molar-refractivity contribution in [2.75, 3.05) is 31.1 Å². The smallest absolute Gasteiger partial charge is 0.368 e. The molecule has 0 spiro atoms. The molecule has 2 aromatic carbocycles. The van der Waals surface area contributed by atoms with Crippen molar-refractivity contribution in [3.8, 4) is 0 Å². The first-order valence-corrected chi connectivity index (χ1v) is 7.92. The number of halogens is 5. The number of hydrogen-bond donors (Lipinski definition) is 0. The van der Waals surface area contributed by atoms with Crippen LogP contribution in [0.5, 0.6) is 0 Å². The molecule has 138 valence electrons. The predicted octanol–water partition coefficient (Wildman–Crippen LogP) is 3.95. The molecule has 2 aromatic rings. The Hall–Kier alpha value is -2.64. The molecule has 1 heterocycles. The number of hydrogen-bond acceptors (Lipinski definition) is 2. The van der Waals surface area contributed by atoms with Crippen molar-refractivity contribution in [3.05, 3.63) is 65.2 Å². The first-order valence-electron chi connectivity index (χ1n) is 7.92. The lowest BCUT2D eigenvalue weighted by Gasteiger charge is -2.36. The topological polar surface area (TPSA) is 23.6 Å². The molecule has 1 aliphatic heterocycles. The van der Waals surface area contributed by atoms with Crippen molar-refractivity contribution in [2.45, 2.75) is 6.18 Å². The first kappa shape index (κ1) is 18.2. The van der Waals surface area contributed by atoms with E-state index in [1.165, 1.54) is 11.0 Å². The van der Waals surface area contributed by atoms with E-state index in [0.29, 0.717) is 31.9 Å². The molecule has 26 heavy (non-hydrogen) atoms. The van der Waals surface area contributed by atoms with Gasteiger partial charge < -0.3 is 9.80 Å². The monoisotopic (exact) mass is 370 g/mol. The van der Waals surface area contributed by atoms with E-state index in [0.717, 1.165) is 36.4 Å². The van der Waals surface area contributed by atoms with Crippen LogP contribution in [0.1, 0.15) is 15.9 Å². The molecule has 8 heteroatoms. The molecule has 0 radical (unpaired) electrons. The minimum absolute atomic E-state index is 0.180. The maximum atomic E-state index is 13.3. The van der Waals surface area contributed by atoms with Gasteiger partial charge in [0.05, 0.1) is 5.56 Å². The zero-order valence-corrected chi connectivity index (χ0v) is 13.6. The number of alkyl halides is 3. The van der Waals surface area contributed by atoms with Crippen molar-refractivity contribution >= 4 is 11.6 Å². The van der Waals surface area contributed by atoms with E-state index in [-0.39, 0.29) is 11.5 Å². The second kappa shape index (κ2) is 6.93. The third-order valence-corrected chi connectivity index (χ3v) is 4.29. The number of rotatable bonds is 2. The predicted molar refractivity (Wildman–Crippen MR) is 85.9 cm³/mol. The highest BCUT2D eigenvalue weighted by atomic mass is 19.4. The van der Waals surface area contributed by atoms with Crippen LogP contribution < -0.4 is 4.90 Å². The van der Waals surface area contributed by atoms with E-state index >= 15 is 0 Å². The fourth-order valence-electron chi connectivity index (χ4n) is 2.83. The minimum atomic E-state index is -4.45. The summed E-state index contributed by atoms with van der Waals surface area (Å²) >= 11 is 0. The molecule has 3 rings (SSSR count). The maximum Gasteiger partial charge on any atom is 0.416 e. The fraction of sp³-hybridized carbons (Fsp3) is 0.278. The summed E-state index contributed by atoms with van der Waals surface area (Å²) in [5.74, 6) is -2.22. The molecule has 0 aromatic heterocycles. The molecule has 1 fully saturated rings. The van der Waals surface area contributed by atoms with Crippen molar-refractivity contribution < 1.29 is 26.7 Å². The largest absolute Gasteiger partial charge is 0.416 e. The number of anilines is 1. The van der Waals surface area contributed by atoms with Crippen molar-refractivity contribution in [1.82, 2.24) is 4.90 Å². The Bertz CT molecular complexity index is 796. The molecule has 1 saturated heterocycles. The summed E-state index contributed by atoms with van der Waals surface area (Å²) in [6, 6.07) is 7.69. The SMILES string of the molecule is O=C(c1ccc(C(F)(F)F)cc1)N1CCN(c2ccc(F)c(F)c2)CC1. The van der Waals surface area contributed by atoms with Crippen LogP contribution in [-0.2, 0) is 6.18 Å². The second-order valence-corrected chi connectivity index (χ2v) is 5.95. The van der Waals surface area contributed by atoms with Gasteiger partial charge in [0.2, 0.25) is 0 Å². The average molecular weight is 370 g/mol. The van der Waals surface area contributed by atoms with Gasteiger partial charge >= 0.3 is 6.18 Å². The summed E-state index contributed by atoms with van der Waals surface area (Å²) in [6.07, 6.45) is -4.45.